The number of anilines is 1. The van der Waals surface area contributed by atoms with Gasteiger partial charge in [0, 0.05) is 18.8 Å². The summed E-state index contributed by atoms with van der Waals surface area (Å²) in [4.78, 5) is 6.80. The molecular formula is C13H20N2O. The van der Waals surface area contributed by atoms with Crippen molar-refractivity contribution in [1.82, 2.24) is 4.98 Å². The number of hydrogen-bond acceptors (Lipinski definition) is 3. The van der Waals surface area contributed by atoms with E-state index in [9.17, 15) is 5.11 Å². The van der Waals surface area contributed by atoms with E-state index in [1.165, 1.54) is 0 Å². The number of aromatic nitrogens is 1. The molecule has 16 heavy (non-hydrogen) atoms. The standard InChI is InChI=1S/C13H20N2O/c1-11-5-3-6-12(14-11)15-9-4-7-13(2,16)8-10-15/h3,5-6,16H,4,7-10H2,1-2H3. The molecule has 0 aliphatic carbocycles. The number of aliphatic hydroxyl groups is 1. The molecule has 1 atom stereocenters. The zero-order valence-corrected chi connectivity index (χ0v) is 10.1. The van der Waals surface area contributed by atoms with E-state index in [0.29, 0.717) is 0 Å². The van der Waals surface area contributed by atoms with Gasteiger partial charge >= 0.3 is 0 Å². The van der Waals surface area contributed by atoms with Crippen LogP contribution in [0.4, 0.5) is 5.82 Å². The first kappa shape index (κ1) is 11.4. The van der Waals surface area contributed by atoms with E-state index in [4.69, 9.17) is 0 Å². The first-order valence-corrected chi connectivity index (χ1v) is 5.98. The normalized spacial score (nSPS) is 26.6. The van der Waals surface area contributed by atoms with Gasteiger partial charge in [-0.25, -0.2) is 4.98 Å². The minimum absolute atomic E-state index is 0.501. The van der Waals surface area contributed by atoms with Crippen molar-refractivity contribution >= 4 is 5.82 Å². The highest BCUT2D eigenvalue weighted by Crippen LogP contribution is 2.24. The molecule has 88 valence electrons. The van der Waals surface area contributed by atoms with Crippen LogP contribution in [-0.2, 0) is 0 Å². The molecule has 0 bridgehead atoms. The Labute approximate surface area is 97.1 Å². The van der Waals surface area contributed by atoms with Gasteiger partial charge in [-0.15, -0.1) is 0 Å². The third kappa shape index (κ3) is 2.73. The van der Waals surface area contributed by atoms with Gasteiger partial charge < -0.3 is 10.0 Å². The van der Waals surface area contributed by atoms with E-state index in [2.05, 4.69) is 9.88 Å². The molecule has 0 aromatic carbocycles. The Balaban J connectivity index is 2.11. The predicted octanol–water partition coefficient (Wildman–Crippen LogP) is 2.13. The Bertz CT molecular complexity index is 363. The van der Waals surface area contributed by atoms with Crippen LogP contribution in [-0.4, -0.2) is 28.8 Å². The number of aryl methyl sites for hydroxylation is 1. The zero-order chi connectivity index (χ0) is 11.6. The molecule has 1 aromatic rings. The number of nitrogens with zero attached hydrogens (tertiary/aromatic N) is 2. The second-order valence-electron chi connectivity index (χ2n) is 4.97. The molecule has 1 saturated heterocycles. The lowest BCUT2D eigenvalue weighted by Crippen LogP contribution is -2.28. The van der Waals surface area contributed by atoms with Crippen LogP contribution in [0.15, 0.2) is 18.2 Å². The Kier molecular flexibility index (Phi) is 3.15. The summed E-state index contributed by atoms with van der Waals surface area (Å²) in [5.41, 5.74) is 0.548. The van der Waals surface area contributed by atoms with E-state index in [0.717, 1.165) is 43.9 Å². The van der Waals surface area contributed by atoms with Crippen LogP contribution in [0, 0.1) is 6.92 Å². The van der Waals surface area contributed by atoms with Gasteiger partial charge in [-0.1, -0.05) is 6.07 Å². The first-order chi connectivity index (χ1) is 7.57. The minimum Gasteiger partial charge on any atom is -0.390 e. The van der Waals surface area contributed by atoms with Crippen molar-refractivity contribution in [3.05, 3.63) is 23.9 Å². The van der Waals surface area contributed by atoms with Gasteiger partial charge in [0.05, 0.1) is 5.60 Å². The monoisotopic (exact) mass is 220 g/mol. The van der Waals surface area contributed by atoms with E-state index < -0.39 is 5.60 Å². The second kappa shape index (κ2) is 4.42. The maximum atomic E-state index is 10.0. The summed E-state index contributed by atoms with van der Waals surface area (Å²) in [7, 11) is 0. The van der Waals surface area contributed by atoms with E-state index in [1.807, 2.05) is 32.0 Å². The van der Waals surface area contributed by atoms with Gasteiger partial charge in [-0.3, -0.25) is 0 Å². The highest BCUT2D eigenvalue weighted by molar-refractivity contribution is 5.39. The van der Waals surface area contributed by atoms with Crippen LogP contribution in [0.1, 0.15) is 31.9 Å². The molecule has 2 rings (SSSR count). The fraction of sp³-hybridized carbons (Fsp3) is 0.615. The van der Waals surface area contributed by atoms with Gasteiger partial charge in [0.25, 0.3) is 0 Å². The molecular weight excluding hydrogens is 200 g/mol. The van der Waals surface area contributed by atoms with Crippen molar-refractivity contribution in [2.24, 2.45) is 0 Å². The van der Waals surface area contributed by atoms with Crippen molar-refractivity contribution in [3.8, 4) is 0 Å². The Morgan fingerprint density at radius 2 is 2.12 bits per heavy atom. The van der Waals surface area contributed by atoms with Crippen molar-refractivity contribution in [1.29, 1.82) is 0 Å². The molecule has 1 fully saturated rings. The van der Waals surface area contributed by atoms with Crippen LogP contribution in [0.25, 0.3) is 0 Å². The van der Waals surface area contributed by atoms with Gasteiger partial charge in [0.15, 0.2) is 0 Å². The number of rotatable bonds is 1. The first-order valence-electron chi connectivity index (χ1n) is 5.98. The van der Waals surface area contributed by atoms with E-state index >= 15 is 0 Å². The fourth-order valence-electron chi connectivity index (χ4n) is 2.20. The number of pyridine rings is 1. The summed E-state index contributed by atoms with van der Waals surface area (Å²) in [6.07, 6.45) is 2.74. The van der Waals surface area contributed by atoms with E-state index in [-0.39, 0.29) is 0 Å². The molecule has 0 saturated carbocycles. The quantitative estimate of drug-likeness (QED) is 0.787. The fourth-order valence-corrected chi connectivity index (χ4v) is 2.20. The summed E-state index contributed by atoms with van der Waals surface area (Å²) in [6.45, 7) is 5.83. The smallest absolute Gasteiger partial charge is 0.128 e. The highest BCUT2D eigenvalue weighted by Gasteiger charge is 2.25. The van der Waals surface area contributed by atoms with Crippen LogP contribution < -0.4 is 4.90 Å². The molecule has 1 unspecified atom stereocenters. The van der Waals surface area contributed by atoms with Crippen molar-refractivity contribution in [2.75, 3.05) is 18.0 Å². The Morgan fingerprint density at radius 1 is 1.31 bits per heavy atom. The molecule has 1 aliphatic heterocycles. The molecule has 1 aliphatic rings. The average Bonchev–Trinajstić information content (AvgIpc) is 2.39. The van der Waals surface area contributed by atoms with Gasteiger partial charge in [-0.2, -0.15) is 0 Å². The van der Waals surface area contributed by atoms with Crippen molar-refractivity contribution < 1.29 is 5.11 Å². The summed E-state index contributed by atoms with van der Waals surface area (Å²) in [5.74, 6) is 1.04. The van der Waals surface area contributed by atoms with Gasteiger partial charge in [0.2, 0.25) is 0 Å². The maximum absolute atomic E-state index is 10.0. The Morgan fingerprint density at radius 3 is 2.88 bits per heavy atom. The summed E-state index contributed by atoms with van der Waals surface area (Å²) in [6, 6.07) is 6.10. The zero-order valence-electron chi connectivity index (χ0n) is 10.1. The Hall–Kier alpha value is -1.09. The number of hydrogen-bond donors (Lipinski definition) is 1. The predicted molar refractivity (Wildman–Crippen MR) is 65.7 cm³/mol. The lowest BCUT2D eigenvalue weighted by molar-refractivity contribution is 0.0481. The van der Waals surface area contributed by atoms with Crippen LogP contribution in [0.5, 0.6) is 0 Å². The van der Waals surface area contributed by atoms with Crippen molar-refractivity contribution in [2.45, 2.75) is 38.7 Å². The van der Waals surface area contributed by atoms with Crippen molar-refractivity contribution in [3.63, 3.8) is 0 Å². The van der Waals surface area contributed by atoms with Crippen LogP contribution in [0.3, 0.4) is 0 Å². The molecule has 0 spiro atoms. The summed E-state index contributed by atoms with van der Waals surface area (Å²) in [5, 5.41) is 10.0. The lowest BCUT2D eigenvalue weighted by atomic mass is 9.98. The van der Waals surface area contributed by atoms with E-state index in [1.54, 1.807) is 0 Å². The third-order valence-corrected chi connectivity index (χ3v) is 3.26. The largest absolute Gasteiger partial charge is 0.390 e. The van der Waals surface area contributed by atoms with Crippen LogP contribution >= 0.6 is 0 Å². The lowest BCUT2D eigenvalue weighted by Gasteiger charge is -2.23. The average molecular weight is 220 g/mol. The SMILES string of the molecule is Cc1cccc(N2CCCC(C)(O)CC2)n1. The molecule has 3 nitrogen and oxygen atoms in total. The third-order valence-electron chi connectivity index (χ3n) is 3.26. The van der Waals surface area contributed by atoms with Gasteiger partial charge in [0.1, 0.15) is 5.82 Å². The molecule has 0 amide bonds. The topological polar surface area (TPSA) is 36.4 Å². The summed E-state index contributed by atoms with van der Waals surface area (Å²) < 4.78 is 0. The van der Waals surface area contributed by atoms with Gasteiger partial charge in [-0.05, 0) is 45.2 Å². The maximum Gasteiger partial charge on any atom is 0.128 e. The second-order valence-corrected chi connectivity index (χ2v) is 4.97. The minimum atomic E-state index is -0.501. The molecule has 1 N–H and O–H groups in total. The molecule has 2 heterocycles. The van der Waals surface area contributed by atoms with Crippen LogP contribution in [0.2, 0.25) is 0 Å². The molecule has 3 heteroatoms. The molecule has 1 aromatic heterocycles. The highest BCUT2D eigenvalue weighted by atomic mass is 16.3. The molecule has 0 radical (unpaired) electrons. The summed E-state index contributed by atoms with van der Waals surface area (Å²) >= 11 is 0.